The molecule has 0 aliphatic heterocycles. The van der Waals surface area contributed by atoms with E-state index in [1.807, 2.05) is 87.5 Å². The molecule has 1 heterocycles. The SMILES string of the molecule is CC(C)(C)[C@@H](OC(=O)CCc1ccccc1)c1nc2c(ccc3ccccc32)o1. The molecule has 3 aromatic carbocycles. The zero-order valence-corrected chi connectivity index (χ0v) is 17.0. The molecule has 4 rings (SSSR count). The number of aryl methyl sites for hydroxylation is 1. The fourth-order valence-electron chi connectivity index (χ4n) is 3.47. The van der Waals surface area contributed by atoms with Gasteiger partial charge in [-0.25, -0.2) is 4.98 Å². The molecule has 0 unspecified atom stereocenters. The van der Waals surface area contributed by atoms with Gasteiger partial charge >= 0.3 is 5.97 Å². The van der Waals surface area contributed by atoms with E-state index in [0.717, 1.165) is 21.9 Å². The Bertz CT molecular complexity index is 1140. The van der Waals surface area contributed by atoms with Gasteiger partial charge in [-0.15, -0.1) is 0 Å². The zero-order valence-electron chi connectivity index (χ0n) is 17.0. The molecule has 4 nitrogen and oxygen atoms in total. The average molecular weight is 387 g/mol. The molecule has 1 aromatic heterocycles. The van der Waals surface area contributed by atoms with Gasteiger partial charge in [0.15, 0.2) is 11.7 Å². The summed E-state index contributed by atoms with van der Waals surface area (Å²) in [6.07, 6.45) is 0.408. The van der Waals surface area contributed by atoms with Crippen LogP contribution < -0.4 is 0 Å². The van der Waals surface area contributed by atoms with Gasteiger partial charge in [-0.2, -0.15) is 0 Å². The van der Waals surface area contributed by atoms with Crippen molar-refractivity contribution in [1.82, 2.24) is 4.98 Å². The van der Waals surface area contributed by atoms with Crippen LogP contribution in [0.5, 0.6) is 0 Å². The Morgan fingerprint density at radius 3 is 2.48 bits per heavy atom. The van der Waals surface area contributed by atoms with Gasteiger partial charge in [-0.1, -0.05) is 81.4 Å². The molecular formula is C25H25NO3. The highest BCUT2D eigenvalue weighted by atomic mass is 16.6. The van der Waals surface area contributed by atoms with Crippen molar-refractivity contribution in [1.29, 1.82) is 0 Å². The number of benzene rings is 3. The third-order valence-corrected chi connectivity index (χ3v) is 5.02. The van der Waals surface area contributed by atoms with E-state index in [9.17, 15) is 4.79 Å². The molecule has 0 amide bonds. The number of carbonyl (C=O) groups is 1. The molecule has 0 N–H and O–H groups in total. The van der Waals surface area contributed by atoms with Crippen molar-refractivity contribution in [2.45, 2.75) is 39.7 Å². The van der Waals surface area contributed by atoms with Gasteiger partial charge in [0.25, 0.3) is 0 Å². The van der Waals surface area contributed by atoms with Crippen LogP contribution in [0.4, 0.5) is 0 Å². The van der Waals surface area contributed by atoms with E-state index >= 15 is 0 Å². The van der Waals surface area contributed by atoms with Gasteiger partial charge < -0.3 is 9.15 Å². The first-order chi connectivity index (χ1) is 13.9. The molecule has 4 heteroatoms. The maximum atomic E-state index is 12.6. The maximum absolute atomic E-state index is 12.6. The summed E-state index contributed by atoms with van der Waals surface area (Å²) in [7, 11) is 0. The van der Waals surface area contributed by atoms with Crippen molar-refractivity contribution < 1.29 is 13.9 Å². The maximum Gasteiger partial charge on any atom is 0.306 e. The van der Waals surface area contributed by atoms with Crippen LogP contribution in [0.15, 0.2) is 71.1 Å². The lowest BCUT2D eigenvalue weighted by molar-refractivity contribution is -0.157. The molecule has 0 aliphatic carbocycles. The summed E-state index contributed by atoms with van der Waals surface area (Å²) in [5, 5.41) is 2.13. The number of fused-ring (bicyclic) bond motifs is 3. The Hall–Kier alpha value is -3.14. The Kier molecular flexibility index (Phi) is 5.10. The predicted octanol–water partition coefficient (Wildman–Crippen LogP) is 6.24. The van der Waals surface area contributed by atoms with E-state index < -0.39 is 6.10 Å². The summed E-state index contributed by atoms with van der Waals surface area (Å²) in [6.45, 7) is 6.07. The molecule has 148 valence electrons. The van der Waals surface area contributed by atoms with Crippen molar-refractivity contribution in [2.75, 3.05) is 0 Å². The predicted molar refractivity (Wildman–Crippen MR) is 115 cm³/mol. The van der Waals surface area contributed by atoms with E-state index in [-0.39, 0.29) is 11.4 Å². The van der Waals surface area contributed by atoms with Gasteiger partial charge in [-0.3, -0.25) is 4.79 Å². The molecule has 0 bridgehead atoms. The Morgan fingerprint density at radius 2 is 1.72 bits per heavy atom. The highest BCUT2D eigenvalue weighted by Gasteiger charge is 2.34. The number of hydrogen-bond acceptors (Lipinski definition) is 4. The molecular weight excluding hydrogens is 362 g/mol. The highest BCUT2D eigenvalue weighted by molar-refractivity contribution is 6.03. The molecule has 4 aromatic rings. The smallest absolute Gasteiger partial charge is 0.306 e. The third-order valence-electron chi connectivity index (χ3n) is 5.02. The lowest BCUT2D eigenvalue weighted by Gasteiger charge is -2.27. The minimum atomic E-state index is -0.558. The van der Waals surface area contributed by atoms with Gasteiger partial charge in [0.1, 0.15) is 5.52 Å². The second-order valence-corrected chi connectivity index (χ2v) is 8.41. The van der Waals surface area contributed by atoms with E-state index in [0.29, 0.717) is 24.3 Å². The van der Waals surface area contributed by atoms with Crippen molar-refractivity contribution in [3.63, 3.8) is 0 Å². The summed E-state index contributed by atoms with van der Waals surface area (Å²) in [6, 6.07) is 22.0. The van der Waals surface area contributed by atoms with Crippen LogP contribution in [0.3, 0.4) is 0 Å². The van der Waals surface area contributed by atoms with E-state index in [2.05, 4.69) is 0 Å². The van der Waals surface area contributed by atoms with Gasteiger partial charge in [-0.05, 0) is 23.4 Å². The standard InChI is InChI=1S/C25H25NO3/c1-25(2,3)23(29-21(27)16-13-17-9-5-4-6-10-17)24-26-22-19-12-8-7-11-18(19)14-15-20(22)28-24/h4-12,14-15,23H,13,16H2,1-3H3/t23-/m0/s1. The van der Waals surface area contributed by atoms with Crippen LogP contribution in [0.25, 0.3) is 21.9 Å². The number of ether oxygens (including phenoxy) is 1. The molecule has 29 heavy (non-hydrogen) atoms. The van der Waals surface area contributed by atoms with Gasteiger partial charge in [0.2, 0.25) is 5.89 Å². The summed E-state index contributed by atoms with van der Waals surface area (Å²) in [5.41, 5.74) is 2.27. The van der Waals surface area contributed by atoms with Crippen LogP contribution in [0, 0.1) is 5.41 Å². The molecule has 0 fully saturated rings. The third kappa shape index (κ3) is 4.16. The summed E-state index contributed by atoms with van der Waals surface area (Å²) in [4.78, 5) is 17.3. The normalized spacial score (nSPS) is 12.9. The van der Waals surface area contributed by atoms with Crippen LogP contribution in [0.2, 0.25) is 0 Å². The number of aromatic nitrogens is 1. The molecule has 0 saturated heterocycles. The summed E-state index contributed by atoms with van der Waals surface area (Å²) < 4.78 is 11.9. The van der Waals surface area contributed by atoms with E-state index in [4.69, 9.17) is 14.1 Å². The number of rotatable bonds is 5. The van der Waals surface area contributed by atoms with Crippen molar-refractivity contribution >= 4 is 27.8 Å². The second-order valence-electron chi connectivity index (χ2n) is 8.41. The van der Waals surface area contributed by atoms with E-state index in [1.165, 1.54) is 0 Å². The number of nitrogens with zero attached hydrogens (tertiary/aromatic N) is 1. The lowest BCUT2D eigenvalue weighted by Crippen LogP contribution is -2.24. The van der Waals surface area contributed by atoms with E-state index in [1.54, 1.807) is 0 Å². The van der Waals surface area contributed by atoms with Crippen molar-refractivity contribution in [2.24, 2.45) is 5.41 Å². The first-order valence-electron chi connectivity index (χ1n) is 9.93. The molecule has 1 atom stereocenters. The molecule has 0 aliphatic rings. The van der Waals surface area contributed by atoms with Crippen molar-refractivity contribution in [3.05, 3.63) is 78.2 Å². The quantitative estimate of drug-likeness (QED) is 0.380. The average Bonchev–Trinajstić information content (AvgIpc) is 3.14. The first kappa shape index (κ1) is 19.2. The minimum absolute atomic E-state index is 0.249. The monoisotopic (exact) mass is 387 g/mol. The Morgan fingerprint density at radius 1 is 1.00 bits per heavy atom. The topological polar surface area (TPSA) is 52.3 Å². The second kappa shape index (κ2) is 7.70. The number of esters is 1. The van der Waals surface area contributed by atoms with Crippen LogP contribution in [0.1, 0.15) is 44.8 Å². The Labute approximate surface area is 170 Å². The Balaban J connectivity index is 1.60. The van der Waals surface area contributed by atoms with Gasteiger partial charge in [0.05, 0.1) is 0 Å². The lowest BCUT2D eigenvalue weighted by atomic mass is 9.89. The number of hydrogen-bond donors (Lipinski definition) is 0. The van der Waals surface area contributed by atoms with Crippen molar-refractivity contribution in [3.8, 4) is 0 Å². The highest BCUT2D eigenvalue weighted by Crippen LogP contribution is 2.38. The summed E-state index contributed by atoms with van der Waals surface area (Å²) in [5.74, 6) is 0.192. The first-order valence-corrected chi connectivity index (χ1v) is 9.93. The zero-order chi connectivity index (χ0) is 20.4. The molecule has 0 saturated carbocycles. The van der Waals surface area contributed by atoms with Crippen LogP contribution in [-0.4, -0.2) is 11.0 Å². The summed E-state index contributed by atoms with van der Waals surface area (Å²) >= 11 is 0. The van der Waals surface area contributed by atoms with Crippen LogP contribution >= 0.6 is 0 Å². The minimum Gasteiger partial charge on any atom is -0.452 e. The van der Waals surface area contributed by atoms with Gasteiger partial charge in [0, 0.05) is 17.2 Å². The molecule has 0 radical (unpaired) electrons. The largest absolute Gasteiger partial charge is 0.452 e. The molecule has 0 spiro atoms. The fraction of sp³-hybridized carbons (Fsp3) is 0.280. The number of carbonyl (C=O) groups excluding carboxylic acids is 1. The fourth-order valence-corrected chi connectivity index (χ4v) is 3.47. The number of oxazole rings is 1. The van der Waals surface area contributed by atoms with Crippen LogP contribution in [-0.2, 0) is 16.0 Å².